The molecule has 1 fully saturated rings. The third-order valence-corrected chi connectivity index (χ3v) is 4.93. The van der Waals surface area contributed by atoms with E-state index in [0.717, 1.165) is 24.3 Å². The molecule has 8 heteroatoms. The van der Waals surface area contributed by atoms with Gasteiger partial charge in [0.1, 0.15) is 5.82 Å². The van der Waals surface area contributed by atoms with Gasteiger partial charge in [-0.3, -0.25) is 0 Å². The molecule has 0 spiro atoms. The molecule has 0 bridgehead atoms. The number of rotatable bonds is 6. The molecule has 7 nitrogen and oxygen atoms in total. The molecule has 3 rings (SSSR count). The molecule has 0 radical (unpaired) electrons. The van der Waals surface area contributed by atoms with Crippen LogP contribution < -0.4 is 16.0 Å². The first kappa shape index (κ1) is 20.9. The first-order chi connectivity index (χ1) is 14.2. The van der Waals surface area contributed by atoms with Crippen molar-refractivity contribution in [3.05, 3.63) is 54.2 Å². The molecular formula is C21H27N5O2S. The fraction of sp³-hybridized carbons (Fsp3) is 0.381. The van der Waals surface area contributed by atoms with E-state index in [1.165, 1.54) is 5.56 Å². The van der Waals surface area contributed by atoms with E-state index in [1.807, 2.05) is 37.3 Å². The molecule has 3 N–H and O–H groups in total. The second kappa shape index (κ2) is 10.6. The van der Waals surface area contributed by atoms with Gasteiger partial charge in [-0.05, 0) is 49.7 Å². The highest BCUT2D eigenvalue weighted by Crippen LogP contribution is 2.19. The number of anilines is 2. The van der Waals surface area contributed by atoms with Crippen LogP contribution in [0.5, 0.6) is 0 Å². The predicted octanol–water partition coefficient (Wildman–Crippen LogP) is 3.60. The summed E-state index contributed by atoms with van der Waals surface area (Å²) < 4.78 is 5.06. The minimum absolute atomic E-state index is 0.220. The molecule has 0 unspecified atom stereocenters. The molecule has 29 heavy (non-hydrogen) atoms. The van der Waals surface area contributed by atoms with E-state index < -0.39 is 0 Å². The van der Waals surface area contributed by atoms with Crippen LogP contribution in [-0.4, -0.2) is 46.8 Å². The molecule has 2 heterocycles. The summed E-state index contributed by atoms with van der Waals surface area (Å²) in [7, 11) is 0. The Morgan fingerprint density at radius 1 is 1.21 bits per heavy atom. The Kier molecular flexibility index (Phi) is 7.63. The van der Waals surface area contributed by atoms with Crippen LogP contribution in [0, 0.1) is 0 Å². The molecule has 2 aromatic rings. The molecular weight excluding hydrogens is 386 g/mol. The Balaban J connectivity index is 1.49. The lowest BCUT2D eigenvalue weighted by molar-refractivity contribution is 0.0964. The summed E-state index contributed by atoms with van der Waals surface area (Å²) in [6.45, 7) is 4.22. The average Bonchev–Trinajstić information content (AvgIpc) is 2.74. The van der Waals surface area contributed by atoms with E-state index >= 15 is 0 Å². The zero-order valence-corrected chi connectivity index (χ0v) is 17.4. The second-order valence-corrected chi connectivity index (χ2v) is 7.21. The lowest BCUT2D eigenvalue weighted by Crippen LogP contribution is -2.47. The van der Waals surface area contributed by atoms with Crippen molar-refractivity contribution in [2.24, 2.45) is 0 Å². The number of benzene rings is 1. The van der Waals surface area contributed by atoms with Crippen LogP contribution in [-0.2, 0) is 11.3 Å². The van der Waals surface area contributed by atoms with E-state index in [9.17, 15) is 4.79 Å². The van der Waals surface area contributed by atoms with Crippen LogP contribution in [0.4, 0.5) is 16.3 Å². The third-order valence-electron chi connectivity index (χ3n) is 4.71. The molecule has 0 saturated carbocycles. The van der Waals surface area contributed by atoms with Gasteiger partial charge in [0.2, 0.25) is 0 Å². The first-order valence-corrected chi connectivity index (χ1v) is 10.3. The van der Waals surface area contributed by atoms with Crippen molar-refractivity contribution < 1.29 is 9.53 Å². The number of hydrogen-bond donors (Lipinski definition) is 3. The van der Waals surface area contributed by atoms with Crippen molar-refractivity contribution >= 4 is 34.9 Å². The summed E-state index contributed by atoms with van der Waals surface area (Å²) in [6.07, 6.45) is 3.16. The molecule has 154 valence electrons. The first-order valence-electron chi connectivity index (χ1n) is 9.87. The fourth-order valence-corrected chi connectivity index (χ4v) is 3.47. The number of nitrogens with zero attached hydrogens (tertiary/aromatic N) is 2. The smallest absolute Gasteiger partial charge is 0.409 e. The van der Waals surface area contributed by atoms with Gasteiger partial charge in [0.15, 0.2) is 5.11 Å². The number of aromatic nitrogens is 1. The Morgan fingerprint density at radius 3 is 2.69 bits per heavy atom. The molecule has 1 aliphatic rings. The van der Waals surface area contributed by atoms with E-state index in [2.05, 4.69) is 33.1 Å². The van der Waals surface area contributed by atoms with Gasteiger partial charge in [0, 0.05) is 31.9 Å². The Hall–Kier alpha value is -2.87. The van der Waals surface area contributed by atoms with Gasteiger partial charge >= 0.3 is 6.09 Å². The maximum absolute atomic E-state index is 11.8. The van der Waals surface area contributed by atoms with Crippen molar-refractivity contribution in [1.29, 1.82) is 0 Å². The van der Waals surface area contributed by atoms with Crippen molar-refractivity contribution in [3.8, 4) is 0 Å². The zero-order chi connectivity index (χ0) is 20.5. The number of carbonyl (C=O) groups is 1. The number of nitrogens with one attached hydrogen (secondary N) is 3. The highest BCUT2D eigenvalue weighted by Gasteiger charge is 2.24. The highest BCUT2D eigenvalue weighted by molar-refractivity contribution is 7.80. The molecule has 1 aromatic heterocycles. The molecule has 1 aromatic carbocycles. The summed E-state index contributed by atoms with van der Waals surface area (Å²) in [6, 6.07) is 14.2. The highest BCUT2D eigenvalue weighted by atomic mass is 32.1. The van der Waals surface area contributed by atoms with E-state index in [1.54, 1.807) is 11.1 Å². The van der Waals surface area contributed by atoms with Crippen LogP contribution in [0.3, 0.4) is 0 Å². The molecule has 0 atom stereocenters. The minimum atomic E-state index is -0.240. The minimum Gasteiger partial charge on any atom is -0.450 e. The van der Waals surface area contributed by atoms with Crippen LogP contribution >= 0.6 is 12.2 Å². The van der Waals surface area contributed by atoms with Crippen LogP contribution in [0.2, 0.25) is 0 Å². The monoisotopic (exact) mass is 413 g/mol. The maximum atomic E-state index is 11.8. The SMILES string of the molecule is CCOC(=O)N1CCC(NC(=S)Nc2cccnc2NCc2ccccc2)CC1. The van der Waals surface area contributed by atoms with Gasteiger partial charge in [-0.2, -0.15) is 0 Å². The summed E-state index contributed by atoms with van der Waals surface area (Å²) in [5.74, 6) is 0.748. The zero-order valence-electron chi connectivity index (χ0n) is 16.6. The second-order valence-electron chi connectivity index (χ2n) is 6.80. The number of thiocarbonyl (C=S) groups is 1. The average molecular weight is 414 g/mol. The van der Waals surface area contributed by atoms with Crippen molar-refractivity contribution in [2.75, 3.05) is 30.3 Å². The normalized spacial score (nSPS) is 14.2. The predicted molar refractivity (Wildman–Crippen MR) is 119 cm³/mol. The summed E-state index contributed by atoms with van der Waals surface area (Å²) in [5, 5.41) is 10.5. The number of pyridine rings is 1. The van der Waals surface area contributed by atoms with Crippen LogP contribution in [0.25, 0.3) is 0 Å². The molecule has 1 saturated heterocycles. The molecule has 0 aliphatic carbocycles. The van der Waals surface area contributed by atoms with Gasteiger partial charge in [-0.15, -0.1) is 0 Å². The van der Waals surface area contributed by atoms with Gasteiger partial charge in [0.25, 0.3) is 0 Å². The number of piperidine rings is 1. The van der Waals surface area contributed by atoms with Gasteiger partial charge < -0.3 is 25.6 Å². The molecule has 1 aliphatic heterocycles. The number of hydrogen-bond acceptors (Lipinski definition) is 5. The third kappa shape index (κ3) is 6.32. The maximum Gasteiger partial charge on any atom is 0.409 e. The quantitative estimate of drug-likeness (QED) is 0.625. The van der Waals surface area contributed by atoms with Crippen molar-refractivity contribution in [1.82, 2.24) is 15.2 Å². The van der Waals surface area contributed by atoms with Gasteiger partial charge in [0.05, 0.1) is 12.3 Å². The number of ether oxygens (including phenoxy) is 1. The van der Waals surface area contributed by atoms with Crippen LogP contribution in [0.1, 0.15) is 25.3 Å². The largest absolute Gasteiger partial charge is 0.450 e. The lowest BCUT2D eigenvalue weighted by Gasteiger charge is -2.32. The Morgan fingerprint density at radius 2 is 1.97 bits per heavy atom. The van der Waals surface area contributed by atoms with Crippen molar-refractivity contribution in [2.45, 2.75) is 32.4 Å². The topological polar surface area (TPSA) is 78.5 Å². The fourth-order valence-electron chi connectivity index (χ4n) is 3.19. The van der Waals surface area contributed by atoms with Crippen molar-refractivity contribution in [3.63, 3.8) is 0 Å². The number of likely N-dealkylation sites (tertiary alicyclic amines) is 1. The van der Waals surface area contributed by atoms with Crippen LogP contribution in [0.15, 0.2) is 48.7 Å². The molecule has 1 amide bonds. The summed E-state index contributed by atoms with van der Waals surface area (Å²) in [4.78, 5) is 18.0. The lowest BCUT2D eigenvalue weighted by atomic mass is 10.1. The standard InChI is InChI=1S/C21H27N5O2S/c1-2-28-21(27)26-13-10-17(11-14-26)24-20(29)25-18-9-6-12-22-19(18)23-15-16-7-4-3-5-8-16/h3-9,12,17H,2,10-11,13-15H2,1H3,(H,22,23)(H2,24,25,29). The number of carbonyl (C=O) groups excluding carboxylic acids is 1. The summed E-state index contributed by atoms with van der Waals surface area (Å²) in [5.41, 5.74) is 2.00. The van der Waals surface area contributed by atoms with Gasteiger partial charge in [-0.25, -0.2) is 9.78 Å². The number of amides is 1. The Labute approximate surface area is 176 Å². The van der Waals surface area contributed by atoms with E-state index in [-0.39, 0.29) is 12.1 Å². The van der Waals surface area contributed by atoms with E-state index in [0.29, 0.717) is 31.4 Å². The Bertz CT molecular complexity index is 810. The van der Waals surface area contributed by atoms with E-state index in [4.69, 9.17) is 17.0 Å². The van der Waals surface area contributed by atoms with Gasteiger partial charge in [-0.1, -0.05) is 30.3 Å². The summed E-state index contributed by atoms with van der Waals surface area (Å²) >= 11 is 5.49.